The van der Waals surface area contributed by atoms with E-state index in [1.54, 1.807) is 0 Å². The van der Waals surface area contributed by atoms with E-state index in [1.807, 2.05) is 9.58 Å². The van der Waals surface area contributed by atoms with Crippen LogP contribution < -0.4 is 5.73 Å². The molecule has 1 aromatic carbocycles. The molecule has 1 aliphatic heterocycles. The number of carbonyl (C=O) groups is 1. The quantitative estimate of drug-likeness (QED) is 0.924. The lowest BCUT2D eigenvalue weighted by Gasteiger charge is -2.20. The molecule has 2 aromatic rings. The number of aryl methyl sites for hydroxylation is 2. The predicted molar refractivity (Wildman–Crippen MR) is 103 cm³/mol. The van der Waals surface area contributed by atoms with Crippen molar-refractivity contribution in [2.45, 2.75) is 52.5 Å². The number of amides is 1. The van der Waals surface area contributed by atoms with E-state index in [0.29, 0.717) is 18.2 Å². The summed E-state index contributed by atoms with van der Waals surface area (Å²) >= 11 is 0. The molecule has 5 nitrogen and oxygen atoms in total. The Kier molecular flexibility index (Phi) is 4.35. The Labute approximate surface area is 155 Å². The van der Waals surface area contributed by atoms with Gasteiger partial charge in [-0.1, -0.05) is 17.7 Å². The van der Waals surface area contributed by atoms with Crippen LogP contribution in [0.2, 0.25) is 0 Å². The van der Waals surface area contributed by atoms with Crippen LogP contribution in [0.3, 0.4) is 0 Å². The number of nitrogens with zero attached hydrogens (tertiary/aromatic N) is 3. The second-order valence-corrected chi connectivity index (χ2v) is 7.97. The van der Waals surface area contributed by atoms with Gasteiger partial charge in [0.05, 0.1) is 5.69 Å². The van der Waals surface area contributed by atoms with Gasteiger partial charge in [0.25, 0.3) is 5.91 Å². The Bertz CT molecular complexity index is 854. The molecule has 2 atom stereocenters. The summed E-state index contributed by atoms with van der Waals surface area (Å²) in [5, 5.41) is 4.82. The molecule has 1 aromatic heterocycles. The van der Waals surface area contributed by atoms with Crippen LogP contribution in [-0.4, -0.2) is 39.7 Å². The minimum absolute atomic E-state index is 0.0788. The van der Waals surface area contributed by atoms with Crippen molar-refractivity contribution in [1.82, 2.24) is 14.7 Å². The lowest BCUT2D eigenvalue weighted by atomic mass is 10.1. The molecule has 4 rings (SSSR count). The molecule has 0 saturated carbocycles. The summed E-state index contributed by atoms with van der Waals surface area (Å²) in [7, 11) is 0. The Morgan fingerprint density at radius 1 is 1.31 bits per heavy atom. The van der Waals surface area contributed by atoms with Gasteiger partial charge in [-0.25, -0.2) is 4.68 Å². The van der Waals surface area contributed by atoms with E-state index in [-0.39, 0.29) is 11.9 Å². The van der Waals surface area contributed by atoms with Crippen LogP contribution in [0.1, 0.15) is 52.6 Å². The Hall–Kier alpha value is -2.14. The summed E-state index contributed by atoms with van der Waals surface area (Å²) in [5.41, 5.74) is 12.4. The van der Waals surface area contributed by atoms with Gasteiger partial charge in [-0.05, 0) is 70.5 Å². The van der Waals surface area contributed by atoms with Gasteiger partial charge >= 0.3 is 0 Å². The van der Waals surface area contributed by atoms with Gasteiger partial charge in [-0.15, -0.1) is 0 Å². The number of rotatable bonds is 3. The summed E-state index contributed by atoms with van der Waals surface area (Å²) in [6.45, 7) is 7.73. The first kappa shape index (κ1) is 17.3. The molecule has 5 heteroatoms. The lowest BCUT2D eigenvalue weighted by molar-refractivity contribution is 0.0736. The summed E-state index contributed by atoms with van der Waals surface area (Å²) < 4.78 is 2.02. The molecule has 1 saturated heterocycles. The van der Waals surface area contributed by atoms with Crippen molar-refractivity contribution in [1.29, 1.82) is 0 Å². The third-order valence-corrected chi connectivity index (χ3v) is 5.97. The highest BCUT2D eigenvalue weighted by Crippen LogP contribution is 2.32. The van der Waals surface area contributed by atoms with Gasteiger partial charge in [0.15, 0.2) is 5.69 Å². The van der Waals surface area contributed by atoms with Gasteiger partial charge in [0, 0.05) is 23.8 Å². The standard InChI is InChI=1S/C21H28N4O/c1-13-7-8-18(14(2)9-13)25-19-6-4-5-17(19)20(23-25)21(26)24-12-16(11-22)10-15(24)3/h7-9,15-16H,4-6,10-12,22H2,1-3H3. The van der Waals surface area contributed by atoms with E-state index in [1.165, 1.54) is 16.8 Å². The van der Waals surface area contributed by atoms with E-state index >= 15 is 0 Å². The summed E-state index contributed by atoms with van der Waals surface area (Å²) in [4.78, 5) is 15.2. The smallest absolute Gasteiger partial charge is 0.274 e. The predicted octanol–water partition coefficient (Wildman–Crippen LogP) is 2.79. The molecule has 2 unspecified atom stereocenters. The average molecular weight is 352 g/mol. The van der Waals surface area contributed by atoms with Crippen molar-refractivity contribution in [3.8, 4) is 5.69 Å². The zero-order valence-electron chi connectivity index (χ0n) is 16.0. The molecule has 0 radical (unpaired) electrons. The number of hydrogen-bond donors (Lipinski definition) is 1. The Morgan fingerprint density at radius 3 is 2.81 bits per heavy atom. The fraction of sp³-hybridized carbons (Fsp3) is 0.524. The number of likely N-dealkylation sites (tertiary alicyclic amines) is 1. The molecule has 1 aliphatic carbocycles. The summed E-state index contributed by atoms with van der Waals surface area (Å²) in [6.07, 6.45) is 4.02. The third kappa shape index (κ3) is 2.75. The molecule has 2 aliphatic rings. The molecule has 138 valence electrons. The first-order valence-corrected chi connectivity index (χ1v) is 9.69. The normalized spacial score (nSPS) is 22.1. The first-order chi connectivity index (χ1) is 12.5. The zero-order chi connectivity index (χ0) is 18.4. The minimum Gasteiger partial charge on any atom is -0.334 e. The minimum atomic E-state index is 0.0788. The number of aromatic nitrogens is 2. The van der Waals surface area contributed by atoms with Gasteiger partial charge < -0.3 is 10.6 Å². The summed E-state index contributed by atoms with van der Waals surface area (Å²) in [5.74, 6) is 0.485. The van der Waals surface area contributed by atoms with Crippen LogP contribution in [0, 0.1) is 19.8 Å². The van der Waals surface area contributed by atoms with Crippen LogP contribution in [0.4, 0.5) is 0 Å². The third-order valence-electron chi connectivity index (χ3n) is 5.97. The van der Waals surface area contributed by atoms with Crippen LogP contribution in [-0.2, 0) is 12.8 Å². The highest BCUT2D eigenvalue weighted by molar-refractivity contribution is 5.94. The number of fused-ring (bicyclic) bond motifs is 1. The van der Waals surface area contributed by atoms with E-state index in [2.05, 4.69) is 39.0 Å². The SMILES string of the molecule is Cc1ccc(-n2nc(C(=O)N3CC(CN)CC3C)c3c2CCC3)c(C)c1. The zero-order valence-corrected chi connectivity index (χ0v) is 16.0. The number of carbonyl (C=O) groups excluding carboxylic acids is 1. The maximum atomic E-state index is 13.3. The van der Waals surface area contributed by atoms with Crippen molar-refractivity contribution in [3.63, 3.8) is 0 Å². The van der Waals surface area contributed by atoms with Crippen molar-refractivity contribution in [3.05, 3.63) is 46.3 Å². The molecule has 1 amide bonds. The van der Waals surface area contributed by atoms with Crippen molar-refractivity contribution in [2.24, 2.45) is 11.7 Å². The highest BCUT2D eigenvalue weighted by Gasteiger charge is 2.36. The highest BCUT2D eigenvalue weighted by atomic mass is 16.2. The van der Waals surface area contributed by atoms with E-state index < -0.39 is 0 Å². The van der Waals surface area contributed by atoms with Crippen LogP contribution in [0.15, 0.2) is 18.2 Å². The fourth-order valence-electron chi connectivity index (χ4n) is 4.58. The maximum Gasteiger partial charge on any atom is 0.274 e. The number of hydrogen-bond acceptors (Lipinski definition) is 3. The van der Waals surface area contributed by atoms with Crippen LogP contribution in [0.25, 0.3) is 5.69 Å². The maximum absolute atomic E-state index is 13.3. The summed E-state index contributed by atoms with van der Waals surface area (Å²) in [6, 6.07) is 6.64. The largest absolute Gasteiger partial charge is 0.334 e. The van der Waals surface area contributed by atoms with Crippen LogP contribution in [0.5, 0.6) is 0 Å². The Balaban J connectivity index is 1.74. The Morgan fingerprint density at radius 2 is 2.12 bits per heavy atom. The van der Waals surface area contributed by atoms with Gasteiger partial charge in [-0.2, -0.15) is 5.10 Å². The van der Waals surface area contributed by atoms with Crippen molar-refractivity contribution >= 4 is 5.91 Å². The van der Waals surface area contributed by atoms with E-state index in [0.717, 1.165) is 43.5 Å². The van der Waals surface area contributed by atoms with Gasteiger partial charge in [-0.3, -0.25) is 4.79 Å². The fourth-order valence-corrected chi connectivity index (χ4v) is 4.58. The molecule has 26 heavy (non-hydrogen) atoms. The van der Waals surface area contributed by atoms with Crippen LogP contribution >= 0.6 is 0 Å². The monoisotopic (exact) mass is 352 g/mol. The molecule has 1 fully saturated rings. The van der Waals surface area contributed by atoms with Crippen molar-refractivity contribution in [2.75, 3.05) is 13.1 Å². The topological polar surface area (TPSA) is 64.2 Å². The number of benzene rings is 1. The van der Waals surface area contributed by atoms with Gasteiger partial charge in [0.1, 0.15) is 0 Å². The van der Waals surface area contributed by atoms with Crippen molar-refractivity contribution < 1.29 is 4.79 Å². The molecule has 2 N–H and O–H groups in total. The first-order valence-electron chi connectivity index (χ1n) is 9.69. The lowest BCUT2D eigenvalue weighted by Crippen LogP contribution is -2.35. The van der Waals surface area contributed by atoms with E-state index in [9.17, 15) is 4.79 Å². The number of nitrogens with two attached hydrogens (primary N) is 1. The second kappa shape index (κ2) is 6.54. The molecule has 0 bridgehead atoms. The second-order valence-electron chi connectivity index (χ2n) is 7.97. The molecule has 2 heterocycles. The van der Waals surface area contributed by atoms with E-state index in [4.69, 9.17) is 10.8 Å². The molecular weight excluding hydrogens is 324 g/mol. The van der Waals surface area contributed by atoms with Gasteiger partial charge in [0.2, 0.25) is 0 Å². The average Bonchev–Trinajstić information content (AvgIpc) is 3.29. The molecular formula is C21H28N4O. The molecule has 0 spiro atoms.